The maximum atomic E-state index is 11.8. The van der Waals surface area contributed by atoms with Gasteiger partial charge in [-0.25, -0.2) is 4.79 Å². The maximum absolute atomic E-state index is 11.8. The van der Waals surface area contributed by atoms with Crippen molar-refractivity contribution >= 4 is 22.7 Å². The number of fused-ring (bicyclic) bond motifs is 1. The Morgan fingerprint density at radius 1 is 1.35 bits per heavy atom. The van der Waals surface area contributed by atoms with Gasteiger partial charge in [0.2, 0.25) is 0 Å². The van der Waals surface area contributed by atoms with Crippen LogP contribution in [0.2, 0.25) is 0 Å². The van der Waals surface area contributed by atoms with Crippen LogP contribution in [0.25, 0.3) is 10.9 Å². The van der Waals surface area contributed by atoms with Gasteiger partial charge in [-0.1, -0.05) is 18.2 Å². The number of carboxylic acid groups (broad SMARTS) is 1. The van der Waals surface area contributed by atoms with Crippen molar-refractivity contribution in [2.45, 2.75) is 12.0 Å². The molecule has 0 saturated heterocycles. The van der Waals surface area contributed by atoms with E-state index in [1.54, 1.807) is 6.20 Å². The number of hydrogen-bond donors (Lipinski definition) is 3. The van der Waals surface area contributed by atoms with Crippen LogP contribution in [0.3, 0.4) is 0 Å². The lowest BCUT2D eigenvalue weighted by atomic mass is 9.87. The van der Waals surface area contributed by atoms with Crippen LogP contribution in [-0.4, -0.2) is 33.5 Å². The fourth-order valence-corrected chi connectivity index (χ4v) is 2.34. The maximum Gasteiger partial charge on any atom is 0.331 e. The molecule has 0 bridgehead atoms. The summed E-state index contributed by atoms with van der Waals surface area (Å²) in [7, 11) is 1.86. The van der Waals surface area contributed by atoms with E-state index in [-0.39, 0.29) is 6.42 Å². The standard InChI is InChI=1S/C14H17N3O3/c1-17-8-9(10-4-2-3-5-11(10)17)6-14(16,13(19)20)12(18)7-15/h2-5,8H,6-7,15-16H2,1H3,(H,19,20)/t14-/m0/s1. The minimum Gasteiger partial charge on any atom is -0.480 e. The number of carbonyl (C=O) groups excluding carboxylic acids is 1. The van der Waals surface area contributed by atoms with Crippen LogP contribution < -0.4 is 11.5 Å². The Balaban J connectivity index is 2.50. The number of carbonyl (C=O) groups is 2. The molecule has 106 valence electrons. The summed E-state index contributed by atoms with van der Waals surface area (Å²) in [5.41, 5.74) is 10.7. The molecule has 0 amide bonds. The van der Waals surface area contributed by atoms with Gasteiger partial charge in [-0.05, 0) is 11.6 Å². The Bertz CT molecular complexity index is 677. The van der Waals surface area contributed by atoms with E-state index in [9.17, 15) is 14.7 Å². The number of para-hydroxylation sites is 1. The van der Waals surface area contributed by atoms with Gasteiger partial charge in [0, 0.05) is 30.6 Å². The van der Waals surface area contributed by atoms with Gasteiger partial charge in [-0.15, -0.1) is 0 Å². The molecular weight excluding hydrogens is 258 g/mol. The van der Waals surface area contributed by atoms with Gasteiger partial charge in [0.1, 0.15) is 0 Å². The highest BCUT2D eigenvalue weighted by atomic mass is 16.4. The number of rotatable bonds is 5. The second-order valence-electron chi connectivity index (χ2n) is 4.86. The van der Waals surface area contributed by atoms with Crippen molar-refractivity contribution in [2.75, 3.05) is 6.54 Å². The van der Waals surface area contributed by atoms with Crippen LogP contribution >= 0.6 is 0 Å². The van der Waals surface area contributed by atoms with E-state index in [0.29, 0.717) is 0 Å². The Kier molecular flexibility index (Phi) is 3.61. The molecule has 1 atom stereocenters. The third-order valence-corrected chi connectivity index (χ3v) is 3.51. The summed E-state index contributed by atoms with van der Waals surface area (Å²) in [4.78, 5) is 23.1. The Labute approximate surface area is 116 Å². The number of aliphatic carboxylic acids is 1. The Morgan fingerprint density at radius 3 is 2.60 bits per heavy atom. The molecule has 1 heterocycles. The molecule has 0 spiro atoms. The van der Waals surface area contributed by atoms with Crippen LogP contribution in [0.1, 0.15) is 5.56 Å². The molecule has 0 saturated carbocycles. The number of nitrogens with zero attached hydrogens (tertiary/aromatic N) is 1. The highest BCUT2D eigenvalue weighted by Gasteiger charge is 2.41. The number of aromatic nitrogens is 1. The molecule has 1 aromatic carbocycles. The van der Waals surface area contributed by atoms with Gasteiger partial charge in [0.05, 0.1) is 6.54 Å². The Hall–Kier alpha value is -2.18. The van der Waals surface area contributed by atoms with Crippen molar-refractivity contribution in [1.29, 1.82) is 0 Å². The molecule has 5 N–H and O–H groups in total. The number of benzene rings is 1. The predicted molar refractivity (Wildman–Crippen MR) is 75.2 cm³/mol. The molecule has 1 aromatic heterocycles. The zero-order valence-corrected chi connectivity index (χ0v) is 11.2. The van der Waals surface area contributed by atoms with Gasteiger partial charge in [0.15, 0.2) is 11.3 Å². The fourth-order valence-electron chi connectivity index (χ4n) is 2.34. The van der Waals surface area contributed by atoms with Crippen LogP contribution in [0.5, 0.6) is 0 Å². The summed E-state index contributed by atoms with van der Waals surface area (Å²) in [6.45, 7) is -0.395. The second kappa shape index (κ2) is 5.07. The first-order valence-electron chi connectivity index (χ1n) is 6.18. The summed E-state index contributed by atoms with van der Waals surface area (Å²) in [5, 5.41) is 10.2. The van der Waals surface area contributed by atoms with E-state index in [1.807, 2.05) is 35.9 Å². The van der Waals surface area contributed by atoms with Crippen LogP contribution in [0, 0.1) is 0 Å². The smallest absolute Gasteiger partial charge is 0.331 e. The molecule has 0 aliphatic heterocycles. The van der Waals surface area contributed by atoms with Crippen LogP contribution in [-0.2, 0) is 23.1 Å². The van der Waals surface area contributed by atoms with E-state index in [0.717, 1.165) is 16.5 Å². The summed E-state index contributed by atoms with van der Waals surface area (Å²) in [6, 6.07) is 7.54. The van der Waals surface area contributed by atoms with Gasteiger partial charge in [-0.3, -0.25) is 4.79 Å². The highest BCUT2D eigenvalue weighted by Crippen LogP contribution is 2.24. The molecule has 6 heteroatoms. The van der Waals surface area contributed by atoms with Gasteiger partial charge in [0.25, 0.3) is 0 Å². The molecule has 6 nitrogen and oxygen atoms in total. The molecule has 0 unspecified atom stereocenters. The SMILES string of the molecule is Cn1cc(C[C@@](N)(C(=O)O)C(=O)CN)c2ccccc21. The van der Waals surface area contributed by atoms with Gasteiger partial charge >= 0.3 is 5.97 Å². The number of carboxylic acids is 1. The molecule has 2 rings (SSSR count). The normalized spacial score (nSPS) is 14.2. The number of aryl methyl sites for hydroxylation is 1. The molecule has 0 aliphatic carbocycles. The van der Waals surface area contributed by atoms with E-state index >= 15 is 0 Å². The van der Waals surface area contributed by atoms with Crippen molar-refractivity contribution in [1.82, 2.24) is 4.57 Å². The minimum absolute atomic E-state index is 0.0836. The van der Waals surface area contributed by atoms with Crippen molar-refractivity contribution in [3.05, 3.63) is 36.0 Å². The molecule has 0 radical (unpaired) electrons. The predicted octanol–water partition coefficient (Wildman–Crippen LogP) is 0.0307. The second-order valence-corrected chi connectivity index (χ2v) is 4.86. The van der Waals surface area contributed by atoms with Crippen molar-refractivity contribution in [2.24, 2.45) is 18.5 Å². The third-order valence-electron chi connectivity index (χ3n) is 3.51. The van der Waals surface area contributed by atoms with Gasteiger partial charge in [-0.2, -0.15) is 0 Å². The van der Waals surface area contributed by atoms with Crippen LogP contribution in [0.15, 0.2) is 30.5 Å². The third kappa shape index (κ3) is 2.19. The zero-order chi connectivity index (χ0) is 14.9. The molecule has 2 aromatic rings. The number of Topliss-reactive ketones (excluding diaryl/α,β-unsaturated/α-hetero) is 1. The molecular formula is C14H17N3O3. The van der Waals surface area contributed by atoms with E-state index in [4.69, 9.17) is 11.5 Å². The number of ketones is 1. The van der Waals surface area contributed by atoms with Crippen molar-refractivity contribution in [3.8, 4) is 0 Å². The minimum atomic E-state index is -1.99. The zero-order valence-electron chi connectivity index (χ0n) is 11.2. The van der Waals surface area contributed by atoms with Crippen molar-refractivity contribution < 1.29 is 14.7 Å². The van der Waals surface area contributed by atoms with E-state index in [1.165, 1.54) is 0 Å². The summed E-state index contributed by atoms with van der Waals surface area (Å²) in [6.07, 6.45) is 1.71. The number of nitrogens with two attached hydrogens (primary N) is 2. The lowest BCUT2D eigenvalue weighted by Crippen LogP contribution is -2.58. The molecule has 20 heavy (non-hydrogen) atoms. The summed E-state index contributed by atoms with van der Waals surface area (Å²) >= 11 is 0. The topological polar surface area (TPSA) is 111 Å². The largest absolute Gasteiger partial charge is 0.480 e. The monoisotopic (exact) mass is 275 g/mol. The summed E-state index contributed by atoms with van der Waals surface area (Å²) in [5.74, 6) is -2.04. The van der Waals surface area contributed by atoms with Crippen LogP contribution in [0.4, 0.5) is 0 Å². The quantitative estimate of drug-likeness (QED) is 0.667. The Morgan fingerprint density at radius 2 is 2.00 bits per heavy atom. The van der Waals surface area contributed by atoms with Crippen molar-refractivity contribution in [3.63, 3.8) is 0 Å². The van der Waals surface area contributed by atoms with E-state index in [2.05, 4.69) is 0 Å². The lowest BCUT2D eigenvalue weighted by molar-refractivity contribution is -0.147. The summed E-state index contributed by atoms with van der Waals surface area (Å²) < 4.78 is 1.87. The van der Waals surface area contributed by atoms with Gasteiger partial charge < -0.3 is 21.1 Å². The lowest BCUT2D eigenvalue weighted by Gasteiger charge is -2.22. The first kappa shape index (κ1) is 14.2. The first-order chi connectivity index (χ1) is 9.40. The number of hydrogen-bond acceptors (Lipinski definition) is 4. The average Bonchev–Trinajstić information content (AvgIpc) is 2.74. The average molecular weight is 275 g/mol. The molecule has 0 aliphatic rings. The van der Waals surface area contributed by atoms with E-state index < -0.39 is 23.8 Å². The fraction of sp³-hybridized carbons (Fsp3) is 0.286. The highest BCUT2D eigenvalue weighted by molar-refractivity contribution is 6.09. The first-order valence-corrected chi connectivity index (χ1v) is 6.18. The molecule has 0 fully saturated rings.